The molecule has 0 aromatic carbocycles. The standard InChI is InChI=1S/C14H26N2O3/c1-10(17)9-15(5)12(18)11-7-6-8-16(11)13(19)14(2,3)4/h10-11,17H,6-9H2,1-5H3. The molecule has 5 nitrogen and oxygen atoms in total. The van der Waals surface area contributed by atoms with Gasteiger partial charge in [-0.1, -0.05) is 20.8 Å². The summed E-state index contributed by atoms with van der Waals surface area (Å²) < 4.78 is 0. The van der Waals surface area contributed by atoms with Crippen molar-refractivity contribution in [1.29, 1.82) is 0 Å². The van der Waals surface area contributed by atoms with Crippen LogP contribution in [0.1, 0.15) is 40.5 Å². The van der Waals surface area contributed by atoms with Crippen LogP contribution in [0.25, 0.3) is 0 Å². The van der Waals surface area contributed by atoms with Gasteiger partial charge in [-0.3, -0.25) is 9.59 Å². The minimum atomic E-state index is -0.554. The molecule has 1 fully saturated rings. The summed E-state index contributed by atoms with van der Waals surface area (Å²) in [6, 6.07) is -0.365. The lowest BCUT2D eigenvalue weighted by atomic mass is 9.94. The molecule has 0 aliphatic carbocycles. The van der Waals surface area contributed by atoms with Crippen molar-refractivity contribution < 1.29 is 14.7 Å². The van der Waals surface area contributed by atoms with Gasteiger partial charge in [-0.05, 0) is 19.8 Å². The van der Waals surface area contributed by atoms with E-state index in [1.165, 1.54) is 4.90 Å². The molecule has 0 bridgehead atoms. The highest BCUT2D eigenvalue weighted by molar-refractivity contribution is 5.90. The lowest BCUT2D eigenvalue weighted by Gasteiger charge is -2.32. The van der Waals surface area contributed by atoms with Gasteiger partial charge in [0.2, 0.25) is 11.8 Å². The molecular weight excluding hydrogens is 244 g/mol. The topological polar surface area (TPSA) is 60.9 Å². The number of carbonyl (C=O) groups excluding carboxylic acids is 2. The average molecular weight is 270 g/mol. The summed E-state index contributed by atoms with van der Waals surface area (Å²) >= 11 is 0. The van der Waals surface area contributed by atoms with E-state index in [-0.39, 0.29) is 17.9 Å². The molecule has 1 N–H and O–H groups in total. The normalized spacial score (nSPS) is 21.4. The summed E-state index contributed by atoms with van der Waals surface area (Å²) in [6.45, 7) is 8.20. The van der Waals surface area contributed by atoms with Gasteiger partial charge in [-0.15, -0.1) is 0 Å². The fourth-order valence-corrected chi connectivity index (χ4v) is 2.44. The summed E-state index contributed by atoms with van der Waals surface area (Å²) in [4.78, 5) is 27.9. The number of hydrogen-bond donors (Lipinski definition) is 1. The minimum Gasteiger partial charge on any atom is -0.392 e. The molecule has 1 aliphatic heterocycles. The van der Waals surface area contributed by atoms with Crippen LogP contribution in [0.2, 0.25) is 0 Å². The maximum Gasteiger partial charge on any atom is 0.245 e. The van der Waals surface area contributed by atoms with Gasteiger partial charge in [0.15, 0.2) is 0 Å². The van der Waals surface area contributed by atoms with Crippen molar-refractivity contribution >= 4 is 11.8 Å². The Bertz CT molecular complexity index is 347. The molecule has 0 aromatic heterocycles. The van der Waals surface area contributed by atoms with Crippen molar-refractivity contribution in [2.45, 2.75) is 52.7 Å². The van der Waals surface area contributed by atoms with Gasteiger partial charge >= 0.3 is 0 Å². The lowest BCUT2D eigenvalue weighted by molar-refractivity contribution is -0.148. The molecule has 19 heavy (non-hydrogen) atoms. The fourth-order valence-electron chi connectivity index (χ4n) is 2.44. The quantitative estimate of drug-likeness (QED) is 0.827. The molecule has 1 saturated heterocycles. The predicted octanol–water partition coefficient (Wildman–Crippen LogP) is 0.863. The van der Waals surface area contributed by atoms with Gasteiger partial charge < -0.3 is 14.9 Å². The van der Waals surface area contributed by atoms with Crippen molar-refractivity contribution in [3.05, 3.63) is 0 Å². The first-order valence-electron chi connectivity index (χ1n) is 6.88. The van der Waals surface area contributed by atoms with E-state index in [0.717, 1.165) is 6.42 Å². The number of hydrogen-bond acceptors (Lipinski definition) is 3. The molecule has 110 valence electrons. The molecule has 0 aromatic rings. The Kier molecular flexibility index (Phi) is 4.96. The lowest BCUT2D eigenvalue weighted by Crippen LogP contribution is -2.50. The highest BCUT2D eigenvalue weighted by atomic mass is 16.3. The number of carbonyl (C=O) groups is 2. The third-order valence-corrected chi connectivity index (χ3v) is 3.35. The molecule has 1 rings (SSSR count). The number of likely N-dealkylation sites (tertiary alicyclic amines) is 1. The van der Waals surface area contributed by atoms with Crippen LogP contribution in [0, 0.1) is 5.41 Å². The second kappa shape index (κ2) is 5.90. The number of aliphatic hydroxyl groups is 1. The van der Waals surface area contributed by atoms with E-state index in [1.807, 2.05) is 20.8 Å². The zero-order valence-electron chi connectivity index (χ0n) is 12.6. The molecule has 0 spiro atoms. The SMILES string of the molecule is CC(O)CN(C)C(=O)C1CCCN1C(=O)C(C)(C)C. The van der Waals surface area contributed by atoms with Gasteiger partial charge in [-0.2, -0.15) is 0 Å². The number of nitrogens with zero attached hydrogens (tertiary/aromatic N) is 2. The molecule has 1 heterocycles. The largest absolute Gasteiger partial charge is 0.392 e. The summed E-state index contributed by atoms with van der Waals surface area (Å²) in [5.41, 5.74) is -0.467. The van der Waals surface area contributed by atoms with E-state index in [9.17, 15) is 14.7 Å². The summed E-state index contributed by atoms with van der Waals surface area (Å²) in [6.07, 6.45) is 1.02. The maximum absolute atomic E-state index is 12.3. The smallest absolute Gasteiger partial charge is 0.245 e. The Hall–Kier alpha value is -1.10. The molecule has 2 atom stereocenters. The second-order valence-corrected chi connectivity index (χ2v) is 6.47. The molecule has 2 amide bonds. The van der Waals surface area contributed by atoms with Crippen molar-refractivity contribution in [1.82, 2.24) is 9.80 Å². The average Bonchev–Trinajstić information content (AvgIpc) is 2.73. The maximum atomic E-state index is 12.3. The number of amides is 2. The third-order valence-electron chi connectivity index (χ3n) is 3.35. The van der Waals surface area contributed by atoms with Crippen LogP contribution in [0.4, 0.5) is 0 Å². The van der Waals surface area contributed by atoms with E-state index in [2.05, 4.69) is 0 Å². The monoisotopic (exact) mass is 270 g/mol. The van der Waals surface area contributed by atoms with Gasteiger partial charge in [0.05, 0.1) is 6.10 Å². The first-order valence-corrected chi connectivity index (χ1v) is 6.88. The minimum absolute atomic E-state index is 0.0220. The van der Waals surface area contributed by atoms with Crippen molar-refractivity contribution in [2.24, 2.45) is 5.41 Å². The summed E-state index contributed by atoms with van der Waals surface area (Å²) in [5.74, 6) is -0.0511. The molecule has 5 heteroatoms. The van der Waals surface area contributed by atoms with Gasteiger partial charge in [0, 0.05) is 25.6 Å². The molecular formula is C14H26N2O3. The van der Waals surface area contributed by atoms with Gasteiger partial charge in [-0.25, -0.2) is 0 Å². The number of rotatable bonds is 3. The Balaban J connectivity index is 2.76. The van der Waals surface area contributed by atoms with E-state index >= 15 is 0 Å². The molecule has 1 aliphatic rings. The van der Waals surface area contributed by atoms with Crippen LogP contribution in [-0.2, 0) is 9.59 Å². The Morgan fingerprint density at radius 2 is 2.00 bits per heavy atom. The van der Waals surface area contributed by atoms with Crippen molar-refractivity contribution in [3.63, 3.8) is 0 Å². The highest BCUT2D eigenvalue weighted by Gasteiger charge is 2.39. The van der Waals surface area contributed by atoms with Crippen LogP contribution < -0.4 is 0 Å². The van der Waals surface area contributed by atoms with Crippen LogP contribution >= 0.6 is 0 Å². The highest BCUT2D eigenvalue weighted by Crippen LogP contribution is 2.26. The summed E-state index contributed by atoms with van der Waals surface area (Å²) in [5, 5.41) is 9.34. The van der Waals surface area contributed by atoms with Crippen molar-refractivity contribution in [2.75, 3.05) is 20.1 Å². The molecule has 0 radical (unpaired) electrons. The zero-order valence-corrected chi connectivity index (χ0v) is 12.6. The van der Waals surface area contributed by atoms with E-state index in [4.69, 9.17) is 0 Å². The zero-order chi connectivity index (χ0) is 14.8. The van der Waals surface area contributed by atoms with E-state index in [1.54, 1.807) is 18.9 Å². The third kappa shape index (κ3) is 3.93. The fraction of sp³-hybridized carbons (Fsp3) is 0.857. The van der Waals surface area contributed by atoms with Gasteiger partial charge in [0.25, 0.3) is 0 Å². The predicted molar refractivity (Wildman–Crippen MR) is 73.5 cm³/mol. The second-order valence-electron chi connectivity index (χ2n) is 6.47. The Morgan fingerprint density at radius 1 is 1.42 bits per heavy atom. The first kappa shape index (κ1) is 16.0. The van der Waals surface area contributed by atoms with E-state index in [0.29, 0.717) is 19.5 Å². The molecule has 0 saturated carbocycles. The Labute approximate surface area is 115 Å². The van der Waals surface area contributed by atoms with Crippen LogP contribution in [0.3, 0.4) is 0 Å². The Morgan fingerprint density at radius 3 is 2.47 bits per heavy atom. The van der Waals surface area contributed by atoms with Crippen molar-refractivity contribution in [3.8, 4) is 0 Å². The number of likely N-dealkylation sites (N-methyl/N-ethyl adjacent to an activating group) is 1. The summed E-state index contributed by atoms with van der Waals surface area (Å²) in [7, 11) is 1.67. The van der Waals surface area contributed by atoms with Crippen LogP contribution in [-0.4, -0.2) is 59.0 Å². The van der Waals surface area contributed by atoms with E-state index < -0.39 is 11.5 Å². The van der Waals surface area contributed by atoms with Crippen LogP contribution in [0.15, 0.2) is 0 Å². The van der Waals surface area contributed by atoms with Gasteiger partial charge in [0.1, 0.15) is 6.04 Å². The first-order chi connectivity index (χ1) is 8.64. The number of aliphatic hydroxyl groups excluding tert-OH is 1. The van der Waals surface area contributed by atoms with Crippen LogP contribution in [0.5, 0.6) is 0 Å². The molecule has 2 unspecified atom stereocenters.